The minimum atomic E-state index is -3.67. The number of rotatable bonds is 10. The third-order valence-electron chi connectivity index (χ3n) is 4.55. The molecule has 2 aromatic carbocycles. The van der Waals surface area contributed by atoms with Gasteiger partial charge in [-0.15, -0.1) is 0 Å². The van der Waals surface area contributed by atoms with E-state index in [-0.39, 0.29) is 10.5 Å². The number of ether oxygens (including phenoxy) is 1. The van der Waals surface area contributed by atoms with E-state index in [0.717, 1.165) is 17.1 Å². The highest BCUT2D eigenvalue weighted by atomic mass is 32.2. The Morgan fingerprint density at radius 2 is 1.55 bits per heavy atom. The topological polar surface area (TPSA) is 105 Å². The Morgan fingerprint density at radius 3 is 2.16 bits per heavy atom. The molecule has 0 heterocycles. The van der Waals surface area contributed by atoms with Crippen LogP contribution in [0.2, 0.25) is 0 Å². The van der Waals surface area contributed by atoms with Gasteiger partial charge in [0.15, 0.2) is 0 Å². The number of carbonyl (C=O) groups excluding carboxylic acids is 2. The zero-order valence-corrected chi connectivity index (χ0v) is 18.9. The second kappa shape index (κ2) is 11.5. The number of sulfonamides is 1. The Kier molecular flexibility index (Phi) is 9.02. The molecule has 0 radical (unpaired) electrons. The lowest BCUT2D eigenvalue weighted by Crippen LogP contribution is -2.41. The van der Waals surface area contributed by atoms with Crippen molar-refractivity contribution < 1.29 is 22.7 Å². The summed E-state index contributed by atoms with van der Waals surface area (Å²) >= 11 is 0. The maximum Gasteiger partial charge on any atom is 0.269 e. The van der Waals surface area contributed by atoms with Crippen molar-refractivity contribution in [1.29, 1.82) is 0 Å². The van der Waals surface area contributed by atoms with Crippen LogP contribution in [0.4, 0.5) is 0 Å². The highest BCUT2D eigenvalue weighted by Gasteiger charge is 2.19. The molecule has 0 spiro atoms. The molecule has 0 saturated carbocycles. The molecule has 0 aliphatic heterocycles. The summed E-state index contributed by atoms with van der Waals surface area (Å²) in [5.74, 6) is -0.452. The third kappa shape index (κ3) is 7.08. The summed E-state index contributed by atoms with van der Waals surface area (Å²) in [7, 11) is -0.853. The lowest BCUT2D eigenvalue weighted by molar-refractivity contribution is 0.0846. The summed E-state index contributed by atoms with van der Waals surface area (Å²) < 4.78 is 31.1. The van der Waals surface area contributed by atoms with E-state index in [1.54, 1.807) is 24.3 Å². The van der Waals surface area contributed by atoms with Gasteiger partial charge < -0.3 is 4.74 Å². The maximum atomic E-state index is 12.3. The van der Waals surface area contributed by atoms with Gasteiger partial charge in [-0.25, -0.2) is 12.7 Å². The fourth-order valence-electron chi connectivity index (χ4n) is 2.69. The molecule has 0 fully saturated rings. The zero-order chi connectivity index (χ0) is 22.9. The molecule has 0 aliphatic rings. The summed E-state index contributed by atoms with van der Waals surface area (Å²) in [6, 6.07) is 12.2. The lowest BCUT2D eigenvalue weighted by Gasteiger charge is -2.12. The van der Waals surface area contributed by atoms with Crippen molar-refractivity contribution in [3.8, 4) is 5.75 Å². The molecule has 2 amide bonds. The average Bonchev–Trinajstić information content (AvgIpc) is 2.77. The number of amides is 2. The molecule has 9 heteroatoms. The van der Waals surface area contributed by atoms with E-state index < -0.39 is 21.8 Å². The molecule has 0 aliphatic carbocycles. The van der Waals surface area contributed by atoms with Crippen LogP contribution < -0.4 is 15.6 Å². The molecular formula is C22H29N3O5S. The summed E-state index contributed by atoms with van der Waals surface area (Å²) in [5, 5.41) is 0. The monoisotopic (exact) mass is 447 g/mol. The van der Waals surface area contributed by atoms with Gasteiger partial charge in [-0.2, -0.15) is 0 Å². The van der Waals surface area contributed by atoms with Crippen LogP contribution in [-0.2, 0) is 10.0 Å². The van der Waals surface area contributed by atoms with Crippen LogP contribution in [0.15, 0.2) is 53.4 Å². The minimum absolute atomic E-state index is 0.0123. The second-order valence-electron chi connectivity index (χ2n) is 7.16. The molecule has 2 N–H and O–H groups in total. The molecule has 0 unspecified atom stereocenters. The van der Waals surface area contributed by atoms with Crippen molar-refractivity contribution >= 4 is 21.8 Å². The van der Waals surface area contributed by atoms with Crippen molar-refractivity contribution in [2.45, 2.75) is 37.5 Å². The van der Waals surface area contributed by atoms with Crippen LogP contribution in [-0.4, -0.2) is 45.2 Å². The number of carbonyl (C=O) groups is 2. The average molecular weight is 448 g/mol. The van der Waals surface area contributed by atoms with Crippen LogP contribution in [0.25, 0.3) is 0 Å². The van der Waals surface area contributed by atoms with Gasteiger partial charge in [0.05, 0.1) is 11.5 Å². The zero-order valence-electron chi connectivity index (χ0n) is 18.1. The number of nitrogens with zero attached hydrogens (tertiary/aromatic N) is 1. The predicted octanol–water partition coefficient (Wildman–Crippen LogP) is 2.97. The molecule has 0 atom stereocenters. The highest BCUT2D eigenvalue weighted by molar-refractivity contribution is 7.89. The SMILES string of the molecule is CCCCCCOc1ccc(C(=O)NNC(=O)c2cccc(S(=O)(=O)N(C)C)c2)cc1. The largest absolute Gasteiger partial charge is 0.494 e. The predicted molar refractivity (Wildman–Crippen MR) is 118 cm³/mol. The van der Waals surface area contributed by atoms with E-state index in [4.69, 9.17) is 4.74 Å². The number of hydrogen-bond acceptors (Lipinski definition) is 5. The van der Waals surface area contributed by atoms with Gasteiger partial charge in [0.1, 0.15) is 5.75 Å². The van der Waals surface area contributed by atoms with E-state index in [1.807, 2.05) is 0 Å². The van der Waals surface area contributed by atoms with Crippen LogP contribution >= 0.6 is 0 Å². The van der Waals surface area contributed by atoms with E-state index in [1.165, 1.54) is 51.2 Å². The Morgan fingerprint density at radius 1 is 0.903 bits per heavy atom. The Hall–Kier alpha value is -2.91. The molecule has 31 heavy (non-hydrogen) atoms. The van der Waals surface area contributed by atoms with Crippen molar-refractivity contribution in [2.24, 2.45) is 0 Å². The van der Waals surface area contributed by atoms with Crippen LogP contribution in [0.1, 0.15) is 53.3 Å². The Bertz CT molecular complexity index is 988. The first-order valence-corrected chi connectivity index (χ1v) is 11.6. The molecule has 0 bridgehead atoms. The third-order valence-corrected chi connectivity index (χ3v) is 6.36. The molecule has 0 aromatic heterocycles. The first kappa shape index (κ1) is 24.4. The lowest BCUT2D eigenvalue weighted by atomic mass is 10.2. The highest BCUT2D eigenvalue weighted by Crippen LogP contribution is 2.15. The van der Waals surface area contributed by atoms with E-state index in [0.29, 0.717) is 17.9 Å². The van der Waals surface area contributed by atoms with Gasteiger partial charge >= 0.3 is 0 Å². The summed E-state index contributed by atoms with van der Waals surface area (Å²) in [6.45, 7) is 2.78. The number of hydrogen-bond donors (Lipinski definition) is 2. The molecule has 168 valence electrons. The second-order valence-corrected chi connectivity index (χ2v) is 9.31. The fourth-order valence-corrected chi connectivity index (χ4v) is 3.64. The molecule has 2 aromatic rings. The van der Waals surface area contributed by atoms with Crippen molar-refractivity contribution in [3.05, 3.63) is 59.7 Å². The molecule has 0 saturated heterocycles. The maximum absolute atomic E-state index is 12.3. The minimum Gasteiger partial charge on any atom is -0.494 e. The van der Waals surface area contributed by atoms with Crippen LogP contribution in [0, 0.1) is 0 Å². The van der Waals surface area contributed by atoms with Gasteiger partial charge in [0.25, 0.3) is 11.8 Å². The molecule has 8 nitrogen and oxygen atoms in total. The summed E-state index contributed by atoms with van der Waals surface area (Å²) in [4.78, 5) is 24.6. The van der Waals surface area contributed by atoms with Crippen molar-refractivity contribution in [2.75, 3.05) is 20.7 Å². The first-order valence-electron chi connectivity index (χ1n) is 10.1. The molecular weight excluding hydrogens is 418 g/mol. The standard InChI is InChI=1S/C22H29N3O5S/c1-4-5-6-7-15-30-19-13-11-17(12-14-19)21(26)23-24-22(27)18-9-8-10-20(16-18)31(28,29)25(2)3/h8-14,16H,4-7,15H2,1-3H3,(H,23,26)(H,24,27). The fraction of sp³-hybridized carbons (Fsp3) is 0.364. The van der Waals surface area contributed by atoms with Gasteiger partial charge in [0, 0.05) is 25.2 Å². The number of unbranched alkanes of at least 4 members (excludes halogenated alkanes) is 3. The Balaban J connectivity index is 1.90. The quantitative estimate of drug-likeness (QED) is 0.430. The van der Waals surface area contributed by atoms with Crippen molar-refractivity contribution in [3.63, 3.8) is 0 Å². The van der Waals surface area contributed by atoms with Crippen LogP contribution in [0.3, 0.4) is 0 Å². The first-order chi connectivity index (χ1) is 14.8. The number of benzene rings is 2. The Labute approximate surface area is 183 Å². The van der Waals surface area contributed by atoms with Gasteiger partial charge in [-0.3, -0.25) is 20.4 Å². The summed E-state index contributed by atoms with van der Waals surface area (Å²) in [5.41, 5.74) is 5.08. The van der Waals surface area contributed by atoms with Crippen LogP contribution in [0.5, 0.6) is 5.75 Å². The molecule has 2 rings (SSSR count). The van der Waals surface area contributed by atoms with Gasteiger partial charge in [-0.05, 0) is 48.9 Å². The normalized spacial score (nSPS) is 11.2. The smallest absolute Gasteiger partial charge is 0.269 e. The van der Waals surface area contributed by atoms with Gasteiger partial charge in [-0.1, -0.05) is 32.3 Å². The van der Waals surface area contributed by atoms with E-state index in [2.05, 4.69) is 17.8 Å². The van der Waals surface area contributed by atoms with Crippen molar-refractivity contribution in [1.82, 2.24) is 15.2 Å². The van der Waals surface area contributed by atoms with E-state index >= 15 is 0 Å². The van der Waals surface area contributed by atoms with E-state index in [9.17, 15) is 18.0 Å². The number of hydrazine groups is 1. The number of nitrogens with one attached hydrogen (secondary N) is 2. The summed E-state index contributed by atoms with van der Waals surface area (Å²) in [6.07, 6.45) is 4.46. The van der Waals surface area contributed by atoms with Gasteiger partial charge in [0.2, 0.25) is 10.0 Å².